The Labute approximate surface area is 130 Å². The van der Waals surface area contributed by atoms with E-state index in [9.17, 15) is 4.79 Å². The molecule has 3 nitrogen and oxygen atoms in total. The van der Waals surface area contributed by atoms with Gasteiger partial charge in [0.25, 0.3) is 0 Å². The number of carbonyl (C=O) groups excluding carboxylic acids is 1. The van der Waals surface area contributed by atoms with Crippen molar-refractivity contribution in [2.75, 3.05) is 12.3 Å². The smallest absolute Gasteiger partial charge is 0.228 e. The van der Waals surface area contributed by atoms with E-state index in [-0.39, 0.29) is 11.8 Å². The summed E-state index contributed by atoms with van der Waals surface area (Å²) in [6, 6.07) is 8.69. The maximum Gasteiger partial charge on any atom is 0.228 e. The molecule has 0 radical (unpaired) electrons. The summed E-state index contributed by atoms with van der Waals surface area (Å²) in [5.74, 6) is 1.16. The van der Waals surface area contributed by atoms with E-state index in [1.165, 1.54) is 29.7 Å². The summed E-state index contributed by atoms with van der Waals surface area (Å²) in [6.07, 6.45) is 6.07. The summed E-state index contributed by atoms with van der Waals surface area (Å²) in [7, 11) is 0. The zero-order valence-electron chi connectivity index (χ0n) is 12.2. The Kier molecular flexibility index (Phi) is 3.46. The van der Waals surface area contributed by atoms with Gasteiger partial charge in [0.15, 0.2) is 0 Å². The number of thioether (sulfide) groups is 1. The van der Waals surface area contributed by atoms with Gasteiger partial charge in [0.2, 0.25) is 5.91 Å². The van der Waals surface area contributed by atoms with E-state index in [1.54, 1.807) is 0 Å². The average Bonchev–Trinajstić information content (AvgIpc) is 2.90. The quantitative estimate of drug-likeness (QED) is 0.882. The van der Waals surface area contributed by atoms with Crippen molar-refractivity contribution >= 4 is 17.7 Å². The number of carbonyl (C=O) groups is 1. The van der Waals surface area contributed by atoms with Crippen LogP contribution in [-0.4, -0.2) is 29.8 Å². The highest BCUT2D eigenvalue weighted by molar-refractivity contribution is 7.99. The lowest BCUT2D eigenvalue weighted by Gasteiger charge is -2.48. The number of piperidine rings is 1. The van der Waals surface area contributed by atoms with Crippen LogP contribution in [0.5, 0.6) is 0 Å². The highest BCUT2D eigenvalue weighted by Crippen LogP contribution is 2.41. The standard InChI is InChI=1S/C17H22N2OS/c20-16(14-11-21-15-5-2-1-4-13(14)15)19-12-6-9-18-17(10-12)7-3-8-17/h1-2,4-5,12,14,18H,3,6-11H2,(H,19,20). The Morgan fingerprint density at radius 1 is 1.33 bits per heavy atom. The summed E-state index contributed by atoms with van der Waals surface area (Å²) in [6.45, 7) is 1.04. The van der Waals surface area contributed by atoms with Gasteiger partial charge >= 0.3 is 0 Å². The van der Waals surface area contributed by atoms with Gasteiger partial charge in [0, 0.05) is 22.2 Å². The Morgan fingerprint density at radius 2 is 2.19 bits per heavy atom. The molecule has 2 N–H and O–H groups in total. The molecular formula is C17H22N2OS. The number of rotatable bonds is 2. The molecular weight excluding hydrogens is 280 g/mol. The average molecular weight is 302 g/mol. The fourth-order valence-corrected chi connectivity index (χ4v) is 5.18. The maximum atomic E-state index is 12.6. The molecule has 0 bridgehead atoms. The van der Waals surface area contributed by atoms with Gasteiger partial charge in [-0.3, -0.25) is 4.79 Å². The molecule has 4 heteroatoms. The van der Waals surface area contributed by atoms with Crippen LogP contribution >= 0.6 is 11.8 Å². The van der Waals surface area contributed by atoms with Crippen LogP contribution in [-0.2, 0) is 4.79 Å². The summed E-state index contributed by atoms with van der Waals surface area (Å²) in [5.41, 5.74) is 1.56. The molecule has 0 aromatic heterocycles. The van der Waals surface area contributed by atoms with Crippen molar-refractivity contribution in [1.29, 1.82) is 0 Å². The molecule has 1 saturated carbocycles. The van der Waals surface area contributed by atoms with Gasteiger partial charge in [-0.15, -0.1) is 11.8 Å². The minimum Gasteiger partial charge on any atom is -0.353 e. The fraction of sp³-hybridized carbons (Fsp3) is 0.588. The van der Waals surface area contributed by atoms with Crippen molar-refractivity contribution < 1.29 is 4.79 Å². The lowest BCUT2D eigenvalue weighted by Crippen LogP contribution is -2.60. The molecule has 1 amide bonds. The van der Waals surface area contributed by atoms with Gasteiger partial charge in [-0.05, 0) is 50.3 Å². The van der Waals surface area contributed by atoms with Gasteiger partial charge in [0.05, 0.1) is 5.92 Å². The first-order valence-electron chi connectivity index (χ1n) is 8.03. The lowest BCUT2D eigenvalue weighted by atomic mass is 9.70. The Hall–Kier alpha value is -1.00. The van der Waals surface area contributed by atoms with Crippen LogP contribution in [0.2, 0.25) is 0 Å². The molecule has 2 atom stereocenters. The molecule has 112 valence electrons. The summed E-state index contributed by atoms with van der Waals surface area (Å²) in [4.78, 5) is 13.9. The number of nitrogens with one attached hydrogen (secondary N) is 2. The van der Waals surface area contributed by atoms with Crippen LogP contribution in [0.4, 0.5) is 0 Å². The second kappa shape index (κ2) is 5.33. The van der Waals surface area contributed by atoms with Crippen molar-refractivity contribution in [3.63, 3.8) is 0 Å². The minimum absolute atomic E-state index is 0.0402. The number of hydrogen-bond acceptors (Lipinski definition) is 3. The Bertz CT molecular complexity index is 555. The first kappa shape index (κ1) is 13.6. The zero-order valence-corrected chi connectivity index (χ0v) is 13.0. The Balaban J connectivity index is 1.42. The third kappa shape index (κ3) is 2.49. The second-order valence-corrected chi connectivity index (χ2v) is 7.72. The normalized spacial score (nSPS) is 29.7. The van der Waals surface area contributed by atoms with E-state index in [2.05, 4.69) is 28.8 Å². The second-order valence-electron chi connectivity index (χ2n) is 6.66. The van der Waals surface area contributed by atoms with Crippen molar-refractivity contribution in [1.82, 2.24) is 10.6 Å². The van der Waals surface area contributed by atoms with E-state index in [4.69, 9.17) is 0 Å². The fourth-order valence-electron chi connectivity index (χ4n) is 3.95. The first-order valence-corrected chi connectivity index (χ1v) is 9.01. The highest BCUT2D eigenvalue weighted by Gasteiger charge is 2.41. The molecule has 1 spiro atoms. The van der Waals surface area contributed by atoms with Gasteiger partial charge < -0.3 is 10.6 Å². The van der Waals surface area contributed by atoms with Crippen molar-refractivity contribution in [2.45, 2.75) is 54.5 Å². The monoisotopic (exact) mass is 302 g/mol. The van der Waals surface area contributed by atoms with E-state index in [0.717, 1.165) is 25.1 Å². The van der Waals surface area contributed by atoms with Crippen molar-refractivity contribution in [3.05, 3.63) is 29.8 Å². The molecule has 2 unspecified atom stereocenters. The highest BCUT2D eigenvalue weighted by atomic mass is 32.2. The number of amides is 1. The third-order valence-corrected chi connectivity index (χ3v) is 6.49. The molecule has 1 aliphatic carbocycles. The minimum atomic E-state index is 0.0402. The summed E-state index contributed by atoms with van der Waals surface area (Å²) < 4.78 is 0. The van der Waals surface area contributed by atoms with Crippen LogP contribution in [0, 0.1) is 0 Å². The zero-order chi connectivity index (χ0) is 14.3. The number of hydrogen-bond donors (Lipinski definition) is 2. The third-order valence-electron chi connectivity index (χ3n) is 5.30. The van der Waals surface area contributed by atoms with Crippen molar-refractivity contribution in [3.8, 4) is 0 Å². The molecule has 4 rings (SSSR count). The predicted octanol–water partition coefficient (Wildman–Crippen LogP) is 2.67. The van der Waals surface area contributed by atoms with Gasteiger partial charge in [-0.1, -0.05) is 18.2 Å². The van der Waals surface area contributed by atoms with Gasteiger partial charge in [0.1, 0.15) is 0 Å². The molecule has 3 aliphatic rings. The predicted molar refractivity (Wildman–Crippen MR) is 85.7 cm³/mol. The summed E-state index contributed by atoms with van der Waals surface area (Å²) in [5, 5.41) is 7.00. The molecule has 2 fully saturated rings. The van der Waals surface area contributed by atoms with Gasteiger partial charge in [-0.2, -0.15) is 0 Å². The lowest BCUT2D eigenvalue weighted by molar-refractivity contribution is -0.123. The van der Waals surface area contributed by atoms with Crippen LogP contribution in [0.3, 0.4) is 0 Å². The van der Waals surface area contributed by atoms with E-state index >= 15 is 0 Å². The van der Waals surface area contributed by atoms with E-state index < -0.39 is 0 Å². The number of fused-ring (bicyclic) bond motifs is 1. The van der Waals surface area contributed by atoms with Crippen LogP contribution in [0.15, 0.2) is 29.2 Å². The topological polar surface area (TPSA) is 41.1 Å². The molecule has 1 aromatic rings. The van der Waals surface area contributed by atoms with Crippen molar-refractivity contribution in [2.24, 2.45) is 0 Å². The number of benzene rings is 1. The molecule has 1 saturated heterocycles. The molecule has 2 heterocycles. The Morgan fingerprint density at radius 3 is 3.00 bits per heavy atom. The molecule has 2 aliphatic heterocycles. The molecule has 1 aromatic carbocycles. The van der Waals surface area contributed by atoms with Crippen LogP contribution in [0.25, 0.3) is 0 Å². The largest absolute Gasteiger partial charge is 0.353 e. The SMILES string of the molecule is O=C(NC1CCNC2(CCC2)C1)C1CSc2ccccc21. The van der Waals surface area contributed by atoms with Crippen LogP contribution < -0.4 is 10.6 Å². The molecule has 21 heavy (non-hydrogen) atoms. The van der Waals surface area contributed by atoms with E-state index in [0.29, 0.717) is 11.6 Å². The summed E-state index contributed by atoms with van der Waals surface area (Å²) >= 11 is 1.81. The van der Waals surface area contributed by atoms with E-state index in [1.807, 2.05) is 17.8 Å². The maximum absolute atomic E-state index is 12.6. The van der Waals surface area contributed by atoms with Crippen LogP contribution in [0.1, 0.15) is 43.6 Å². The first-order chi connectivity index (χ1) is 10.3. The van der Waals surface area contributed by atoms with Gasteiger partial charge in [-0.25, -0.2) is 0 Å².